The van der Waals surface area contributed by atoms with Gasteiger partial charge in [-0.1, -0.05) is 0 Å². The van der Waals surface area contributed by atoms with Crippen LogP contribution in [0.2, 0.25) is 0 Å². The first kappa shape index (κ1) is 11.1. The number of hydrogen-bond acceptors (Lipinski definition) is 4. The molecule has 2 heterocycles. The summed E-state index contributed by atoms with van der Waals surface area (Å²) in [6, 6.07) is 0.960. The quantitative estimate of drug-likeness (QED) is 0.785. The molecule has 0 spiro atoms. The number of halogens is 3. The van der Waals surface area contributed by atoms with Crippen molar-refractivity contribution in [3.63, 3.8) is 0 Å². The minimum Gasteiger partial charge on any atom is -0.355 e. The Bertz CT molecular complexity index is 379. The second kappa shape index (κ2) is 3.89. The highest BCUT2D eigenvalue weighted by molar-refractivity contribution is 5.41. The summed E-state index contributed by atoms with van der Waals surface area (Å²) in [5, 5.41) is 0. The Morgan fingerprint density at radius 2 is 2.12 bits per heavy atom. The molecule has 88 valence electrons. The maximum absolute atomic E-state index is 12.4. The molecule has 1 saturated heterocycles. The van der Waals surface area contributed by atoms with Crippen molar-refractivity contribution in [3.8, 4) is 0 Å². The highest BCUT2D eigenvalue weighted by atomic mass is 19.4. The van der Waals surface area contributed by atoms with Crippen LogP contribution in [0.4, 0.5) is 19.0 Å². The summed E-state index contributed by atoms with van der Waals surface area (Å²) in [6.45, 7) is 1.17. The van der Waals surface area contributed by atoms with Crippen molar-refractivity contribution in [2.75, 3.05) is 18.0 Å². The van der Waals surface area contributed by atoms with Crippen LogP contribution in [0.5, 0.6) is 0 Å². The van der Waals surface area contributed by atoms with Crippen LogP contribution in [0.3, 0.4) is 0 Å². The van der Waals surface area contributed by atoms with Crippen molar-refractivity contribution in [1.29, 1.82) is 0 Å². The van der Waals surface area contributed by atoms with E-state index in [-0.39, 0.29) is 11.9 Å². The van der Waals surface area contributed by atoms with E-state index in [1.54, 1.807) is 4.90 Å². The summed E-state index contributed by atoms with van der Waals surface area (Å²) >= 11 is 0. The van der Waals surface area contributed by atoms with E-state index in [0.29, 0.717) is 13.1 Å². The van der Waals surface area contributed by atoms with Crippen LogP contribution in [0.1, 0.15) is 12.1 Å². The van der Waals surface area contributed by atoms with Gasteiger partial charge in [-0.15, -0.1) is 0 Å². The zero-order chi connectivity index (χ0) is 11.8. The van der Waals surface area contributed by atoms with E-state index in [2.05, 4.69) is 9.97 Å². The summed E-state index contributed by atoms with van der Waals surface area (Å²) in [7, 11) is 0. The molecule has 2 rings (SSSR count). The van der Waals surface area contributed by atoms with Gasteiger partial charge in [0.05, 0.1) is 0 Å². The fourth-order valence-corrected chi connectivity index (χ4v) is 1.67. The van der Waals surface area contributed by atoms with E-state index >= 15 is 0 Å². The first-order valence-corrected chi connectivity index (χ1v) is 4.86. The molecule has 1 aliphatic rings. The van der Waals surface area contributed by atoms with E-state index in [0.717, 1.165) is 18.8 Å². The summed E-state index contributed by atoms with van der Waals surface area (Å²) in [4.78, 5) is 8.77. The zero-order valence-corrected chi connectivity index (χ0v) is 8.41. The third-order valence-corrected chi connectivity index (χ3v) is 2.49. The Balaban J connectivity index is 2.23. The van der Waals surface area contributed by atoms with Crippen LogP contribution in [-0.2, 0) is 6.18 Å². The van der Waals surface area contributed by atoms with Gasteiger partial charge in [-0.05, 0) is 6.42 Å². The molecule has 2 N–H and O–H groups in total. The molecular formula is C9H11F3N4. The Morgan fingerprint density at radius 3 is 2.69 bits per heavy atom. The molecular weight excluding hydrogens is 221 g/mol. The number of alkyl halides is 3. The number of aromatic nitrogens is 2. The fraction of sp³-hybridized carbons (Fsp3) is 0.556. The van der Waals surface area contributed by atoms with Crippen LogP contribution in [0, 0.1) is 0 Å². The lowest BCUT2D eigenvalue weighted by atomic mass is 10.3. The summed E-state index contributed by atoms with van der Waals surface area (Å²) in [6.07, 6.45) is -2.73. The lowest BCUT2D eigenvalue weighted by Gasteiger charge is -2.17. The average molecular weight is 232 g/mol. The van der Waals surface area contributed by atoms with Crippen molar-refractivity contribution < 1.29 is 13.2 Å². The SMILES string of the molecule is N[C@H]1CCN(c2cc(C(F)(F)F)ncn2)C1. The Labute approximate surface area is 90.3 Å². The Morgan fingerprint density at radius 1 is 1.38 bits per heavy atom. The van der Waals surface area contributed by atoms with Gasteiger partial charge >= 0.3 is 6.18 Å². The monoisotopic (exact) mass is 232 g/mol. The van der Waals surface area contributed by atoms with E-state index in [9.17, 15) is 13.2 Å². The highest BCUT2D eigenvalue weighted by Crippen LogP contribution is 2.29. The summed E-state index contributed by atoms with van der Waals surface area (Å²) in [5.41, 5.74) is 4.76. The third-order valence-electron chi connectivity index (χ3n) is 2.49. The van der Waals surface area contributed by atoms with Gasteiger partial charge in [-0.25, -0.2) is 9.97 Å². The summed E-state index contributed by atoms with van der Waals surface area (Å²) in [5.74, 6) is 0.287. The van der Waals surface area contributed by atoms with Crippen LogP contribution in [0.15, 0.2) is 12.4 Å². The molecule has 0 bridgehead atoms. The van der Waals surface area contributed by atoms with Crippen molar-refractivity contribution in [3.05, 3.63) is 18.1 Å². The molecule has 1 aromatic rings. The minimum atomic E-state index is -4.43. The molecule has 16 heavy (non-hydrogen) atoms. The normalized spacial score (nSPS) is 21.5. The van der Waals surface area contributed by atoms with Gasteiger partial charge in [0.25, 0.3) is 0 Å². The molecule has 1 aliphatic heterocycles. The molecule has 0 unspecified atom stereocenters. The van der Waals surface area contributed by atoms with Crippen molar-refractivity contribution in [1.82, 2.24) is 9.97 Å². The molecule has 1 aromatic heterocycles. The van der Waals surface area contributed by atoms with Gasteiger partial charge in [-0.2, -0.15) is 13.2 Å². The van der Waals surface area contributed by atoms with Gasteiger partial charge < -0.3 is 10.6 Å². The van der Waals surface area contributed by atoms with Crippen LogP contribution in [-0.4, -0.2) is 29.1 Å². The van der Waals surface area contributed by atoms with E-state index in [1.807, 2.05) is 0 Å². The van der Waals surface area contributed by atoms with Gasteiger partial charge in [0.15, 0.2) is 0 Å². The highest BCUT2D eigenvalue weighted by Gasteiger charge is 2.33. The van der Waals surface area contributed by atoms with Gasteiger partial charge in [0.1, 0.15) is 17.8 Å². The Kier molecular flexibility index (Phi) is 2.71. The lowest BCUT2D eigenvalue weighted by molar-refractivity contribution is -0.141. The first-order valence-electron chi connectivity index (χ1n) is 4.86. The van der Waals surface area contributed by atoms with Gasteiger partial charge in [0, 0.05) is 25.2 Å². The Hall–Kier alpha value is -1.37. The second-order valence-corrected chi connectivity index (χ2v) is 3.75. The standard InChI is InChI=1S/C9H11F3N4/c10-9(11,12)7-3-8(15-5-14-7)16-2-1-6(13)4-16/h3,5-6H,1-2,4,13H2/t6-/m0/s1. The van der Waals surface area contributed by atoms with Crippen molar-refractivity contribution in [2.24, 2.45) is 5.73 Å². The maximum atomic E-state index is 12.4. The number of nitrogens with two attached hydrogens (primary N) is 1. The van der Waals surface area contributed by atoms with Crippen molar-refractivity contribution in [2.45, 2.75) is 18.6 Å². The van der Waals surface area contributed by atoms with E-state index < -0.39 is 11.9 Å². The smallest absolute Gasteiger partial charge is 0.355 e. The average Bonchev–Trinajstić information content (AvgIpc) is 2.64. The fourth-order valence-electron chi connectivity index (χ4n) is 1.67. The number of nitrogens with zero attached hydrogens (tertiary/aromatic N) is 3. The third kappa shape index (κ3) is 2.24. The molecule has 1 fully saturated rings. The number of anilines is 1. The summed E-state index contributed by atoms with van der Waals surface area (Å²) < 4.78 is 37.2. The molecule has 4 nitrogen and oxygen atoms in total. The maximum Gasteiger partial charge on any atom is 0.433 e. The van der Waals surface area contributed by atoms with E-state index in [1.165, 1.54) is 0 Å². The first-order chi connectivity index (χ1) is 7.47. The second-order valence-electron chi connectivity index (χ2n) is 3.75. The lowest BCUT2D eigenvalue weighted by Crippen LogP contribution is -2.27. The van der Waals surface area contributed by atoms with Gasteiger partial charge in [0.2, 0.25) is 0 Å². The predicted molar refractivity (Wildman–Crippen MR) is 51.8 cm³/mol. The minimum absolute atomic E-state index is 0.00398. The zero-order valence-electron chi connectivity index (χ0n) is 8.41. The molecule has 0 radical (unpaired) electrons. The predicted octanol–water partition coefficient (Wildman–Crippen LogP) is 1.03. The molecule has 0 aromatic carbocycles. The molecule has 0 amide bonds. The molecule has 1 atom stereocenters. The molecule has 0 aliphatic carbocycles. The van der Waals surface area contributed by atoms with Crippen LogP contribution < -0.4 is 10.6 Å². The number of hydrogen-bond donors (Lipinski definition) is 1. The topological polar surface area (TPSA) is 55.0 Å². The van der Waals surface area contributed by atoms with Gasteiger partial charge in [-0.3, -0.25) is 0 Å². The molecule has 7 heteroatoms. The molecule has 0 saturated carbocycles. The van der Waals surface area contributed by atoms with Crippen LogP contribution >= 0.6 is 0 Å². The van der Waals surface area contributed by atoms with Crippen LogP contribution in [0.25, 0.3) is 0 Å². The van der Waals surface area contributed by atoms with Crippen molar-refractivity contribution >= 4 is 5.82 Å². The van der Waals surface area contributed by atoms with E-state index in [4.69, 9.17) is 5.73 Å². The number of rotatable bonds is 1. The largest absolute Gasteiger partial charge is 0.433 e.